The molecule has 1 unspecified atom stereocenters. The molecule has 3 amide bonds. The van der Waals surface area contributed by atoms with Gasteiger partial charge in [-0.25, -0.2) is 14.4 Å². The number of carbonyl (C=O) groups excluding carboxylic acids is 4. The van der Waals surface area contributed by atoms with Crippen molar-refractivity contribution in [1.29, 1.82) is 0 Å². The standard InChI is InChI=1S/C21H19N3O10/c1-11(19(26)31-2)33-16-6-4-13(24(29)30)8-12(16)9-15-18(25)23(21(28)22-15)10-14-5-7-17(34-14)20(27)32-3/h4-9,11H,10H2,1-3H3,(H,22,28). The molecular formula is C21H19N3O10. The first kappa shape index (κ1) is 24.0. The van der Waals surface area contributed by atoms with Gasteiger partial charge in [-0.2, -0.15) is 0 Å². The van der Waals surface area contributed by atoms with E-state index in [-0.39, 0.29) is 40.8 Å². The number of carbonyl (C=O) groups is 4. The quantitative estimate of drug-likeness (QED) is 0.197. The molecule has 1 aliphatic heterocycles. The van der Waals surface area contributed by atoms with E-state index in [0.29, 0.717) is 0 Å². The third kappa shape index (κ3) is 5.03. The van der Waals surface area contributed by atoms with Gasteiger partial charge in [-0.15, -0.1) is 0 Å². The molecule has 0 bridgehead atoms. The van der Waals surface area contributed by atoms with E-state index in [1.54, 1.807) is 0 Å². The zero-order valence-electron chi connectivity index (χ0n) is 18.2. The van der Waals surface area contributed by atoms with Gasteiger partial charge in [0.25, 0.3) is 11.6 Å². The molecule has 13 nitrogen and oxygen atoms in total. The lowest BCUT2D eigenvalue weighted by atomic mass is 10.1. The van der Waals surface area contributed by atoms with Crippen molar-refractivity contribution in [1.82, 2.24) is 10.2 Å². The highest BCUT2D eigenvalue weighted by Gasteiger charge is 2.35. The van der Waals surface area contributed by atoms with Crippen molar-refractivity contribution in [3.8, 4) is 5.75 Å². The summed E-state index contributed by atoms with van der Waals surface area (Å²) in [6.07, 6.45) is 0.145. The van der Waals surface area contributed by atoms with Crippen molar-refractivity contribution >= 4 is 35.6 Å². The second-order valence-electron chi connectivity index (χ2n) is 6.90. The van der Waals surface area contributed by atoms with Gasteiger partial charge in [-0.1, -0.05) is 0 Å². The number of imide groups is 1. The third-order valence-corrected chi connectivity index (χ3v) is 4.67. The molecule has 1 aliphatic rings. The van der Waals surface area contributed by atoms with E-state index in [2.05, 4.69) is 14.8 Å². The maximum absolute atomic E-state index is 12.8. The lowest BCUT2D eigenvalue weighted by Crippen LogP contribution is -2.30. The highest BCUT2D eigenvalue weighted by atomic mass is 16.6. The summed E-state index contributed by atoms with van der Waals surface area (Å²) in [6, 6.07) is 5.53. The Bertz CT molecular complexity index is 1200. The number of furan rings is 1. The topological polar surface area (TPSA) is 168 Å². The van der Waals surface area contributed by atoms with Gasteiger partial charge in [-0.05, 0) is 31.2 Å². The molecule has 1 fully saturated rings. The molecule has 1 aromatic carbocycles. The van der Waals surface area contributed by atoms with Crippen molar-refractivity contribution in [3.63, 3.8) is 0 Å². The summed E-state index contributed by atoms with van der Waals surface area (Å²) < 4.78 is 19.9. The number of nitrogens with one attached hydrogen (secondary N) is 1. The number of non-ortho nitro benzene ring substituents is 1. The minimum atomic E-state index is -1.04. The normalized spacial score (nSPS) is 15.1. The number of benzene rings is 1. The molecule has 3 rings (SSSR count). The molecular weight excluding hydrogens is 454 g/mol. The van der Waals surface area contributed by atoms with Gasteiger partial charge in [0, 0.05) is 17.7 Å². The van der Waals surface area contributed by atoms with Crippen LogP contribution in [0.4, 0.5) is 10.5 Å². The molecule has 13 heteroatoms. The van der Waals surface area contributed by atoms with Crippen LogP contribution in [-0.4, -0.2) is 54.0 Å². The van der Waals surface area contributed by atoms with Crippen LogP contribution in [-0.2, 0) is 25.6 Å². The Morgan fingerprint density at radius 2 is 1.94 bits per heavy atom. The zero-order valence-corrected chi connectivity index (χ0v) is 18.2. The first-order valence-electron chi connectivity index (χ1n) is 9.69. The number of rotatable bonds is 8. The van der Waals surface area contributed by atoms with Gasteiger partial charge in [0.15, 0.2) is 6.10 Å². The fraction of sp³-hybridized carbons (Fsp3) is 0.238. The molecule has 0 aliphatic carbocycles. The molecule has 1 atom stereocenters. The number of esters is 2. The van der Waals surface area contributed by atoms with Crippen LogP contribution in [0.2, 0.25) is 0 Å². The maximum Gasteiger partial charge on any atom is 0.373 e. The molecule has 0 spiro atoms. The van der Waals surface area contributed by atoms with Crippen LogP contribution in [0.15, 0.2) is 40.4 Å². The Morgan fingerprint density at radius 3 is 2.59 bits per heavy atom. The number of nitrogens with zero attached hydrogens (tertiary/aromatic N) is 2. The summed E-state index contributed by atoms with van der Waals surface area (Å²) >= 11 is 0. The predicted molar refractivity (Wildman–Crippen MR) is 112 cm³/mol. The highest BCUT2D eigenvalue weighted by molar-refractivity contribution is 6.14. The van der Waals surface area contributed by atoms with Crippen LogP contribution in [0.3, 0.4) is 0 Å². The molecule has 178 valence electrons. The second kappa shape index (κ2) is 9.85. The van der Waals surface area contributed by atoms with E-state index in [1.807, 2.05) is 0 Å². The second-order valence-corrected chi connectivity index (χ2v) is 6.90. The number of amides is 3. The predicted octanol–water partition coefficient (Wildman–Crippen LogP) is 2.01. The minimum Gasteiger partial charge on any atom is -0.478 e. The Balaban J connectivity index is 1.89. The molecule has 0 radical (unpaired) electrons. The van der Waals surface area contributed by atoms with E-state index in [9.17, 15) is 29.3 Å². The van der Waals surface area contributed by atoms with Crippen molar-refractivity contribution in [2.75, 3.05) is 14.2 Å². The highest BCUT2D eigenvalue weighted by Crippen LogP contribution is 2.29. The summed E-state index contributed by atoms with van der Waals surface area (Å²) in [4.78, 5) is 59.8. The van der Waals surface area contributed by atoms with E-state index >= 15 is 0 Å². The average molecular weight is 473 g/mol. The van der Waals surface area contributed by atoms with Crippen molar-refractivity contribution < 1.29 is 42.7 Å². The van der Waals surface area contributed by atoms with Crippen LogP contribution in [0.25, 0.3) is 6.08 Å². The number of ether oxygens (including phenoxy) is 3. The first-order valence-corrected chi connectivity index (χ1v) is 9.69. The minimum absolute atomic E-state index is 0.0465. The van der Waals surface area contributed by atoms with Crippen molar-refractivity contribution in [2.45, 2.75) is 19.6 Å². The number of urea groups is 1. The van der Waals surface area contributed by atoms with Gasteiger partial charge in [-0.3, -0.25) is 19.8 Å². The van der Waals surface area contributed by atoms with Crippen molar-refractivity contribution in [3.05, 3.63) is 63.2 Å². The van der Waals surface area contributed by atoms with Crippen LogP contribution in [0.5, 0.6) is 5.75 Å². The molecule has 2 heterocycles. The lowest BCUT2D eigenvalue weighted by Gasteiger charge is -2.14. The lowest BCUT2D eigenvalue weighted by molar-refractivity contribution is -0.384. The third-order valence-electron chi connectivity index (χ3n) is 4.67. The zero-order chi connectivity index (χ0) is 25.0. The van der Waals surface area contributed by atoms with E-state index in [0.717, 1.165) is 11.0 Å². The van der Waals surface area contributed by atoms with E-state index in [4.69, 9.17) is 9.15 Å². The van der Waals surface area contributed by atoms with Gasteiger partial charge in [0.1, 0.15) is 17.2 Å². The Hall–Kier alpha value is -4.68. The Kier molecular flexibility index (Phi) is 6.95. The maximum atomic E-state index is 12.8. The SMILES string of the molecule is COC(=O)c1ccc(CN2C(=O)NC(=Cc3cc([N+](=O)[O-])ccc3OC(C)C(=O)OC)C2=O)o1. The summed E-state index contributed by atoms with van der Waals surface area (Å²) in [6.45, 7) is 1.14. The number of nitro groups is 1. The molecule has 0 saturated carbocycles. The fourth-order valence-corrected chi connectivity index (χ4v) is 2.97. The van der Waals surface area contributed by atoms with Gasteiger partial charge in [0.05, 0.1) is 25.7 Å². The summed E-state index contributed by atoms with van der Waals surface area (Å²) in [7, 11) is 2.35. The number of nitro benzene ring substituents is 1. The van der Waals surface area contributed by atoms with Crippen LogP contribution < -0.4 is 10.1 Å². The summed E-state index contributed by atoms with van der Waals surface area (Å²) in [5.74, 6) is -2.05. The van der Waals surface area contributed by atoms with Crippen LogP contribution >= 0.6 is 0 Å². The molecule has 2 aromatic rings. The first-order chi connectivity index (χ1) is 16.1. The number of hydrogen-bond donors (Lipinski definition) is 1. The number of methoxy groups -OCH3 is 2. The Labute approximate surface area is 192 Å². The molecule has 1 N–H and O–H groups in total. The van der Waals surface area contributed by atoms with Crippen LogP contribution in [0, 0.1) is 10.1 Å². The summed E-state index contributed by atoms with van der Waals surface area (Å²) in [5, 5.41) is 13.6. The average Bonchev–Trinajstić information content (AvgIpc) is 3.39. The van der Waals surface area contributed by atoms with E-state index in [1.165, 1.54) is 51.5 Å². The van der Waals surface area contributed by atoms with Crippen molar-refractivity contribution in [2.24, 2.45) is 0 Å². The monoisotopic (exact) mass is 473 g/mol. The molecule has 34 heavy (non-hydrogen) atoms. The van der Waals surface area contributed by atoms with Gasteiger partial charge in [0.2, 0.25) is 5.76 Å². The summed E-state index contributed by atoms with van der Waals surface area (Å²) in [5.41, 5.74) is -0.424. The smallest absolute Gasteiger partial charge is 0.373 e. The Morgan fingerprint density at radius 1 is 1.21 bits per heavy atom. The van der Waals surface area contributed by atoms with Gasteiger partial charge < -0.3 is 23.9 Å². The molecule has 1 saturated heterocycles. The van der Waals surface area contributed by atoms with Gasteiger partial charge >= 0.3 is 18.0 Å². The van der Waals surface area contributed by atoms with Crippen LogP contribution in [0.1, 0.15) is 28.8 Å². The van der Waals surface area contributed by atoms with E-state index < -0.39 is 34.9 Å². The number of hydrogen-bond acceptors (Lipinski definition) is 10. The fourth-order valence-electron chi connectivity index (χ4n) is 2.97. The largest absolute Gasteiger partial charge is 0.478 e. The molecule has 1 aromatic heterocycles.